The molecule has 0 saturated carbocycles. The molecule has 3 rings (SSSR count). The highest BCUT2D eigenvalue weighted by Crippen LogP contribution is 2.23. The van der Waals surface area contributed by atoms with Gasteiger partial charge in [0.05, 0.1) is 21.6 Å². The third-order valence-corrected chi connectivity index (χ3v) is 2.87. The summed E-state index contributed by atoms with van der Waals surface area (Å²) in [7, 11) is 0. The zero-order valence-electron chi connectivity index (χ0n) is 8.68. The maximum Gasteiger partial charge on any atom is 0.108 e. The van der Waals surface area contributed by atoms with Crippen LogP contribution in [0.25, 0.3) is 22.1 Å². The van der Waals surface area contributed by atoms with Crippen molar-refractivity contribution in [2.45, 2.75) is 0 Å². The molecule has 0 radical (unpaired) electrons. The molecule has 2 aromatic carbocycles. The van der Waals surface area contributed by atoms with Crippen LogP contribution in [0.3, 0.4) is 0 Å². The molecule has 0 fully saturated rings. The maximum absolute atomic E-state index is 9.03. The summed E-state index contributed by atoms with van der Waals surface area (Å²) in [6.45, 7) is 0. The first-order valence-electron chi connectivity index (χ1n) is 5.05. The Kier molecular flexibility index (Phi) is 2.17. The van der Waals surface area contributed by atoms with E-state index in [9.17, 15) is 0 Å². The van der Waals surface area contributed by atoms with Gasteiger partial charge in [-0.15, -0.1) is 0 Å². The fourth-order valence-electron chi connectivity index (χ4n) is 1.78. The largest absolute Gasteiger partial charge is 0.244 e. The number of rotatable bonds is 0. The molecule has 0 saturated heterocycles. The van der Waals surface area contributed by atoms with Gasteiger partial charge in [0.15, 0.2) is 0 Å². The molecule has 80 valence electrons. The third kappa shape index (κ3) is 1.50. The van der Waals surface area contributed by atoms with Crippen molar-refractivity contribution >= 4 is 33.7 Å². The van der Waals surface area contributed by atoms with E-state index in [1.165, 1.54) is 0 Å². The maximum atomic E-state index is 9.03. The topological polar surface area (TPSA) is 49.6 Å². The fraction of sp³-hybridized carbons (Fsp3) is 0. The first-order chi connectivity index (χ1) is 8.29. The lowest BCUT2D eigenvalue weighted by Crippen LogP contribution is -1.90. The molecule has 0 spiro atoms. The van der Waals surface area contributed by atoms with Gasteiger partial charge < -0.3 is 0 Å². The van der Waals surface area contributed by atoms with Crippen LogP contribution in [0.4, 0.5) is 0 Å². The van der Waals surface area contributed by atoms with Crippen LogP contribution in [0.2, 0.25) is 5.02 Å². The number of hydrogen-bond donors (Lipinski definition) is 0. The van der Waals surface area contributed by atoms with Crippen LogP contribution in [0.5, 0.6) is 0 Å². The predicted octanol–water partition coefficient (Wildman–Crippen LogP) is 3.31. The quantitative estimate of drug-likeness (QED) is 0.566. The van der Waals surface area contributed by atoms with Crippen LogP contribution in [0.1, 0.15) is 5.56 Å². The van der Waals surface area contributed by atoms with Crippen molar-refractivity contribution in [2.24, 2.45) is 0 Å². The van der Waals surface area contributed by atoms with Gasteiger partial charge in [0.2, 0.25) is 0 Å². The summed E-state index contributed by atoms with van der Waals surface area (Å²) in [4.78, 5) is 8.88. The zero-order chi connectivity index (χ0) is 11.8. The number of aromatic nitrogens is 2. The third-order valence-electron chi connectivity index (χ3n) is 2.57. The lowest BCUT2D eigenvalue weighted by molar-refractivity contribution is 1.38. The van der Waals surface area contributed by atoms with Crippen LogP contribution >= 0.6 is 11.6 Å². The Hall–Kier alpha value is -2.18. The molecule has 0 bridgehead atoms. The predicted molar refractivity (Wildman–Crippen MR) is 66.8 cm³/mol. The molecule has 1 heterocycles. The van der Waals surface area contributed by atoms with Gasteiger partial charge in [0.1, 0.15) is 17.1 Å². The summed E-state index contributed by atoms with van der Waals surface area (Å²) < 4.78 is 0. The van der Waals surface area contributed by atoms with E-state index < -0.39 is 0 Å². The summed E-state index contributed by atoms with van der Waals surface area (Å²) in [5.41, 5.74) is 3.18. The monoisotopic (exact) mass is 239 g/mol. The number of hydrogen-bond acceptors (Lipinski definition) is 3. The van der Waals surface area contributed by atoms with Crippen LogP contribution in [-0.2, 0) is 0 Å². The van der Waals surface area contributed by atoms with Gasteiger partial charge in [-0.25, -0.2) is 9.97 Å². The van der Waals surface area contributed by atoms with E-state index in [-0.39, 0.29) is 0 Å². The van der Waals surface area contributed by atoms with Crippen LogP contribution < -0.4 is 0 Å². The molecule has 0 aliphatic carbocycles. The van der Waals surface area contributed by atoms with Gasteiger partial charge >= 0.3 is 0 Å². The summed E-state index contributed by atoms with van der Waals surface area (Å²) in [5, 5.41) is 9.57. The van der Waals surface area contributed by atoms with Crippen LogP contribution in [0.15, 0.2) is 36.4 Å². The van der Waals surface area contributed by atoms with E-state index in [4.69, 9.17) is 16.9 Å². The van der Waals surface area contributed by atoms with E-state index >= 15 is 0 Å². The van der Waals surface area contributed by atoms with Crippen molar-refractivity contribution in [3.05, 3.63) is 47.0 Å². The molecule has 0 amide bonds. The van der Waals surface area contributed by atoms with Gasteiger partial charge in [-0.1, -0.05) is 23.7 Å². The van der Waals surface area contributed by atoms with Crippen LogP contribution in [-0.4, -0.2) is 9.97 Å². The SMILES string of the molecule is N#Cc1cccc2nc3cccc(Cl)c3nc12. The van der Waals surface area contributed by atoms with Crippen molar-refractivity contribution in [1.29, 1.82) is 5.26 Å². The van der Waals surface area contributed by atoms with E-state index in [1.54, 1.807) is 18.2 Å². The van der Waals surface area contributed by atoms with Crippen molar-refractivity contribution < 1.29 is 0 Å². The second-order valence-electron chi connectivity index (χ2n) is 3.62. The number of halogens is 1. The Morgan fingerprint density at radius 3 is 2.41 bits per heavy atom. The number of nitrogens with zero attached hydrogens (tertiary/aromatic N) is 3. The van der Waals surface area contributed by atoms with E-state index in [0.29, 0.717) is 27.1 Å². The smallest absolute Gasteiger partial charge is 0.108 e. The molecule has 17 heavy (non-hydrogen) atoms. The molecule has 3 nitrogen and oxygen atoms in total. The van der Waals surface area contributed by atoms with Gasteiger partial charge in [0, 0.05) is 0 Å². The van der Waals surface area contributed by atoms with Gasteiger partial charge in [-0.3, -0.25) is 0 Å². The van der Waals surface area contributed by atoms with Gasteiger partial charge in [-0.05, 0) is 24.3 Å². The lowest BCUT2D eigenvalue weighted by Gasteiger charge is -2.03. The summed E-state index contributed by atoms with van der Waals surface area (Å²) in [6, 6.07) is 12.9. The second kappa shape index (κ2) is 3.69. The minimum absolute atomic E-state index is 0.511. The van der Waals surface area contributed by atoms with Crippen molar-refractivity contribution in [1.82, 2.24) is 9.97 Å². The molecular formula is C13H6ClN3. The van der Waals surface area contributed by atoms with Crippen LogP contribution in [0, 0.1) is 11.3 Å². The summed E-state index contributed by atoms with van der Waals surface area (Å²) in [5.74, 6) is 0. The molecule has 0 aliphatic rings. The standard InChI is InChI=1S/C13H6ClN3/c14-9-4-2-6-11-13(9)17-12-8(7-15)3-1-5-10(12)16-11/h1-6H. The Balaban J connectivity index is 2.54. The lowest BCUT2D eigenvalue weighted by atomic mass is 10.2. The Morgan fingerprint density at radius 1 is 0.941 bits per heavy atom. The average Bonchev–Trinajstić information content (AvgIpc) is 2.36. The number of fused-ring (bicyclic) bond motifs is 2. The first-order valence-corrected chi connectivity index (χ1v) is 5.42. The second-order valence-corrected chi connectivity index (χ2v) is 4.02. The zero-order valence-corrected chi connectivity index (χ0v) is 9.44. The molecule has 1 aromatic heterocycles. The summed E-state index contributed by atoms with van der Waals surface area (Å²) in [6.07, 6.45) is 0. The summed E-state index contributed by atoms with van der Waals surface area (Å²) >= 11 is 6.07. The number of nitriles is 1. The Labute approximate surface area is 102 Å². The minimum Gasteiger partial charge on any atom is -0.244 e. The fourth-order valence-corrected chi connectivity index (χ4v) is 1.99. The average molecular weight is 240 g/mol. The number of para-hydroxylation sites is 2. The van der Waals surface area contributed by atoms with Crippen molar-refractivity contribution in [3.63, 3.8) is 0 Å². The van der Waals surface area contributed by atoms with Gasteiger partial charge in [0.25, 0.3) is 0 Å². The highest BCUT2D eigenvalue weighted by Gasteiger charge is 2.07. The molecule has 3 aromatic rings. The van der Waals surface area contributed by atoms with E-state index in [2.05, 4.69) is 16.0 Å². The Morgan fingerprint density at radius 2 is 1.65 bits per heavy atom. The highest BCUT2D eigenvalue weighted by molar-refractivity contribution is 6.35. The molecular weight excluding hydrogens is 234 g/mol. The molecule has 0 aliphatic heterocycles. The van der Waals surface area contributed by atoms with Gasteiger partial charge in [-0.2, -0.15) is 5.26 Å². The molecule has 0 atom stereocenters. The van der Waals surface area contributed by atoms with E-state index in [0.717, 1.165) is 5.52 Å². The number of benzene rings is 2. The van der Waals surface area contributed by atoms with Crippen molar-refractivity contribution in [3.8, 4) is 6.07 Å². The molecule has 0 N–H and O–H groups in total. The van der Waals surface area contributed by atoms with E-state index in [1.807, 2.05) is 18.2 Å². The minimum atomic E-state index is 0.511. The normalized spacial score (nSPS) is 10.6. The van der Waals surface area contributed by atoms with Crippen molar-refractivity contribution in [2.75, 3.05) is 0 Å². The molecule has 4 heteroatoms. The molecule has 0 unspecified atom stereocenters. The Bertz CT molecular complexity index is 775. The highest BCUT2D eigenvalue weighted by atomic mass is 35.5. The first kappa shape index (κ1) is 10.0.